The van der Waals surface area contributed by atoms with E-state index in [-0.39, 0.29) is 0 Å². The van der Waals surface area contributed by atoms with Gasteiger partial charge in [0.1, 0.15) is 0 Å². The van der Waals surface area contributed by atoms with Crippen molar-refractivity contribution in [1.29, 1.82) is 0 Å². The summed E-state index contributed by atoms with van der Waals surface area (Å²) in [6.07, 6.45) is 3.80. The van der Waals surface area contributed by atoms with Crippen LogP contribution in [-0.2, 0) is 13.0 Å². The number of benzene rings is 1. The summed E-state index contributed by atoms with van der Waals surface area (Å²) in [5, 5.41) is 0. The van der Waals surface area contributed by atoms with Gasteiger partial charge in [0.2, 0.25) is 0 Å². The summed E-state index contributed by atoms with van der Waals surface area (Å²) in [5.74, 6) is 0.876. The quantitative estimate of drug-likeness (QED) is 0.861. The second kappa shape index (κ2) is 7.77. The molecule has 0 saturated carbocycles. The summed E-state index contributed by atoms with van der Waals surface area (Å²) in [6.45, 7) is 5.53. The van der Waals surface area contributed by atoms with Crippen LogP contribution in [-0.4, -0.2) is 50.1 Å². The fourth-order valence-corrected chi connectivity index (χ4v) is 3.09. The van der Waals surface area contributed by atoms with Gasteiger partial charge in [-0.15, -0.1) is 0 Å². The topological polar surface area (TPSA) is 32.5 Å². The number of piperidine rings is 1. The van der Waals surface area contributed by atoms with E-state index in [2.05, 4.69) is 48.2 Å². The molecule has 1 fully saturated rings. The third kappa shape index (κ3) is 4.58. The average molecular weight is 275 g/mol. The fraction of sp³-hybridized carbons (Fsp3) is 0.647. The molecule has 112 valence electrons. The zero-order valence-electron chi connectivity index (χ0n) is 13.0. The number of rotatable bonds is 6. The molecule has 2 rings (SSSR count). The number of nitrogens with zero attached hydrogens (tertiary/aromatic N) is 2. The zero-order chi connectivity index (χ0) is 14.4. The third-order valence-corrected chi connectivity index (χ3v) is 4.51. The van der Waals surface area contributed by atoms with E-state index in [0.717, 1.165) is 18.9 Å². The van der Waals surface area contributed by atoms with Crippen LogP contribution in [0.25, 0.3) is 0 Å². The standard InChI is InChI=1S/C17H29N3/c1-19-10-7-15(8-11-19)14-20(2)12-9-16-5-3-4-6-17(16)13-18/h3-6,15H,7-14,18H2,1-2H3. The van der Waals surface area contributed by atoms with Crippen LogP contribution in [0.15, 0.2) is 24.3 Å². The first-order valence-corrected chi connectivity index (χ1v) is 7.83. The summed E-state index contributed by atoms with van der Waals surface area (Å²) in [4.78, 5) is 4.93. The Balaban J connectivity index is 1.76. The van der Waals surface area contributed by atoms with Crippen molar-refractivity contribution in [2.45, 2.75) is 25.8 Å². The summed E-state index contributed by atoms with van der Waals surface area (Å²) in [7, 11) is 4.48. The molecule has 1 aliphatic rings. The molecule has 0 spiro atoms. The summed E-state index contributed by atoms with van der Waals surface area (Å²) in [5.41, 5.74) is 8.50. The molecule has 0 atom stereocenters. The third-order valence-electron chi connectivity index (χ3n) is 4.51. The minimum absolute atomic E-state index is 0.648. The lowest BCUT2D eigenvalue weighted by molar-refractivity contribution is 0.177. The van der Waals surface area contributed by atoms with Crippen LogP contribution in [0.1, 0.15) is 24.0 Å². The first kappa shape index (κ1) is 15.5. The van der Waals surface area contributed by atoms with Gasteiger partial charge in [0, 0.05) is 19.6 Å². The zero-order valence-corrected chi connectivity index (χ0v) is 13.0. The maximum absolute atomic E-state index is 5.80. The van der Waals surface area contributed by atoms with Crippen molar-refractivity contribution >= 4 is 0 Å². The first-order chi connectivity index (χ1) is 9.69. The Kier molecular flexibility index (Phi) is 6.02. The Hall–Kier alpha value is -0.900. The van der Waals surface area contributed by atoms with E-state index < -0.39 is 0 Å². The molecule has 0 aliphatic carbocycles. The van der Waals surface area contributed by atoms with Gasteiger partial charge in [0.05, 0.1) is 0 Å². The predicted octanol–water partition coefficient (Wildman–Crippen LogP) is 1.96. The van der Waals surface area contributed by atoms with E-state index in [1.165, 1.54) is 43.6 Å². The maximum atomic E-state index is 5.80. The van der Waals surface area contributed by atoms with E-state index in [9.17, 15) is 0 Å². The van der Waals surface area contributed by atoms with Gasteiger partial charge >= 0.3 is 0 Å². The van der Waals surface area contributed by atoms with Crippen molar-refractivity contribution < 1.29 is 0 Å². The molecule has 0 amide bonds. The number of likely N-dealkylation sites (N-methyl/N-ethyl adjacent to an activating group) is 1. The van der Waals surface area contributed by atoms with E-state index in [4.69, 9.17) is 5.73 Å². The number of nitrogens with two attached hydrogens (primary N) is 1. The minimum Gasteiger partial charge on any atom is -0.326 e. The molecule has 1 aliphatic heterocycles. The molecule has 1 aromatic carbocycles. The highest BCUT2D eigenvalue weighted by molar-refractivity contribution is 5.27. The van der Waals surface area contributed by atoms with Crippen molar-refractivity contribution in [3.8, 4) is 0 Å². The van der Waals surface area contributed by atoms with E-state index >= 15 is 0 Å². The van der Waals surface area contributed by atoms with Gasteiger partial charge in [-0.25, -0.2) is 0 Å². The van der Waals surface area contributed by atoms with Crippen LogP contribution in [0.2, 0.25) is 0 Å². The summed E-state index contributed by atoms with van der Waals surface area (Å²) < 4.78 is 0. The molecule has 3 heteroatoms. The molecular weight excluding hydrogens is 246 g/mol. The first-order valence-electron chi connectivity index (χ1n) is 7.83. The van der Waals surface area contributed by atoms with E-state index in [0.29, 0.717) is 6.54 Å². The highest BCUT2D eigenvalue weighted by Crippen LogP contribution is 2.17. The Bertz CT molecular complexity index is 397. The smallest absolute Gasteiger partial charge is 0.0180 e. The second-order valence-electron chi connectivity index (χ2n) is 6.23. The largest absolute Gasteiger partial charge is 0.326 e. The lowest BCUT2D eigenvalue weighted by atomic mass is 9.96. The predicted molar refractivity (Wildman–Crippen MR) is 85.8 cm³/mol. The second-order valence-corrected chi connectivity index (χ2v) is 6.23. The lowest BCUT2D eigenvalue weighted by Gasteiger charge is -2.31. The van der Waals surface area contributed by atoms with Crippen molar-refractivity contribution in [3.63, 3.8) is 0 Å². The Morgan fingerprint density at radius 1 is 1.20 bits per heavy atom. The highest BCUT2D eigenvalue weighted by atomic mass is 15.1. The molecule has 1 heterocycles. The number of likely N-dealkylation sites (tertiary alicyclic amines) is 1. The van der Waals surface area contributed by atoms with Crippen molar-refractivity contribution in [3.05, 3.63) is 35.4 Å². The Morgan fingerprint density at radius 2 is 1.85 bits per heavy atom. The normalized spacial score (nSPS) is 17.8. The molecule has 0 aromatic heterocycles. The van der Waals surface area contributed by atoms with Gasteiger partial charge in [-0.3, -0.25) is 0 Å². The molecule has 0 unspecified atom stereocenters. The monoisotopic (exact) mass is 275 g/mol. The molecule has 20 heavy (non-hydrogen) atoms. The van der Waals surface area contributed by atoms with Crippen LogP contribution in [0.5, 0.6) is 0 Å². The molecule has 1 aromatic rings. The molecular formula is C17H29N3. The maximum Gasteiger partial charge on any atom is 0.0180 e. The lowest BCUT2D eigenvalue weighted by Crippen LogP contribution is -2.36. The van der Waals surface area contributed by atoms with Crippen molar-refractivity contribution in [1.82, 2.24) is 9.80 Å². The van der Waals surface area contributed by atoms with Gasteiger partial charge in [-0.2, -0.15) is 0 Å². The van der Waals surface area contributed by atoms with Crippen LogP contribution >= 0.6 is 0 Å². The molecule has 0 radical (unpaired) electrons. The summed E-state index contributed by atoms with van der Waals surface area (Å²) in [6, 6.07) is 8.55. The van der Waals surface area contributed by atoms with E-state index in [1.807, 2.05) is 0 Å². The van der Waals surface area contributed by atoms with Gasteiger partial charge in [-0.05, 0) is 63.5 Å². The number of hydrogen-bond donors (Lipinski definition) is 1. The van der Waals surface area contributed by atoms with Gasteiger partial charge < -0.3 is 15.5 Å². The van der Waals surface area contributed by atoms with Gasteiger partial charge in [-0.1, -0.05) is 24.3 Å². The Morgan fingerprint density at radius 3 is 2.50 bits per heavy atom. The van der Waals surface area contributed by atoms with Crippen LogP contribution < -0.4 is 5.73 Å². The SMILES string of the molecule is CN1CCC(CN(C)CCc2ccccc2CN)CC1. The van der Waals surface area contributed by atoms with Crippen LogP contribution in [0, 0.1) is 5.92 Å². The number of hydrogen-bond acceptors (Lipinski definition) is 3. The van der Waals surface area contributed by atoms with Crippen molar-refractivity contribution in [2.75, 3.05) is 40.3 Å². The molecule has 1 saturated heterocycles. The fourth-order valence-electron chi connectivity index (χ4n) is 3.09. The van der Waals surface area contributed by atoms with Crippen LogP contribution in [0.3, 0.4) is 0 Å². The van der Waals surface area contributed by atoms with Crippen LogP contribution in [0.4, 0.5) is 0 Å². The molecule has 0 bridgehead atoms. The van der Waals surface area contributed by atoms with E-state index in [1.54, 1.807) is 0 Å². The Labute approximate surface area is 123 Å². The average Bonchev–Trinajstić information content (AvgIpc) is 2.48. The minimum atomic E-state index is 0.648. The van der Waals surface area contributed by atoms with Gasteiger partial charge in [0.15, 0.2) is 0 Å². The summed E-state index contributed by atoms with van der Waals surface area (Å²) >= 11 is 0. The van der Waals surface area contributed by atoms with Gasteiger partial charge in [0.25, 0.3) is 0 Å². The highest BCUT2D eigenvalue weighted by Gasteiger charge is 2.17. The van der Waals surface area contributed by atoms with Crippen molar-refractivity contribution in [2.24, 2.45) is 11.7 Å². The molecule has 2 N–H and O–H groups in total. The molecule has 3 nitrogen and oxygen atoms in total.